The molecule has 0 aliphatic heterocycles. The molecule has 1 heterocycles. The van der Waals surface area contributed by atoms with E-state index in [0.717, 1.165) is 29.3 Å². The van der Waals surface area contributed by atoms with Crippen molar-refractivity contribution in [2.24, 2.45) is 0 Å². The van der Waals surface area contributed by atoms with Crippen LogP contribution >= 0.6 is 0 Å². The van der Waals surface area contributed by atoms with Gasteiger partial charge in [0, 0.05) is 24.1 Å². The van der Waals surface area contributed by atoms with Crippen molar-refractivity contribution >= 4 is 16.7 Å². The van der Waals surface area contributed by atoms with Gasteiger partial charge < -0.3 is 14.2 Å². The zero-order valence-corrected chi connectivity index (χ0v) is 16.7. The fraction of sp³-hybridized carbons (Fsp3) is 0.304. The Morgan fingerprint density at radius 2 is 1.71 bits per heavy atom. The van der Waals surface area contributed by atoms with Gasteiger partial charge in [0.15, 0.2) is 17.3 Å². The topological polar surface area (TPSA) is 57.7 Å². The first-order valence-electron chi connectivity index (χ1n) is 9.39. The third kappa shape index (κ3) is 4.09. The van der Waals surface area contributed by atoms with Crippen molar-refractivity contribution in [1.29, 1.82) is 0 Å². The highest BCUT2D eigenvalue weighted by Crippen LogP contribution is 2.37. The number of methoxy groups -OCH3 is 2. The zero-order chi connectivity index (χ0) is 20.1. The van der Waals surface area contributed by atoms with Crippen LogP contribution in [0.3, 0.4) is 0 Å². The van der Waals surface area contributed by atoms with Crippen molar-refractivity contribution in [1.82, 2.24) is 4.98 Å². The summed E-state index contributed by atoms with van der Waals surface area (Å²) in [5.41, 5.74) is 2.36. The molecule has 0 unspecified atom stereocenters. The number of aromatic nitrogens is 1. The molecule has 0 atom stereocenters. The molecule has 2 aromatic carbocycles. The largest absolute Gasteiger partial charge is 0.493 e. The van der Waals surface area contributed by atoms with Crippen LogP contribution in [0.4, 0.5) is 0 Å². The molecule has 5 nitrogen and oxygen atoms in total. The summed E-state index contributed by atoms with van der Waals surface area (Å²) in [6.07, 6.45) is 4.03. The summed E-state index contributed by atoms with van der Waals surface area (Å²) in [7, 11) is 3.18. The number of hydrogen-bond donors (Lipinski definition) is 0. The van der Waals surface area contributed by atoms with Gasteiger partial charge in [-0.25, -0.2) is 0 Å². The van der Waals surface area contributed by atoms with Crippen LogP contribution in [-0.2, 0) is 0 Å². The molecule has 0 N–H and O–H groups in total. The predicted molar refractivity (Wildman–Crippen MR) is 110 cm³/mol. The van der Waals surface area contributed by atoms with Crippen LogP contribution in [0, 0.1) is 6.92 Å². The molecular weight excluding hydrogens is 354 g/mol. The van der Waals surface area contributed by atoms with Crippen molar-refractivity contribution in [3.63, 3.8) is 0 Å². The molecule has 3 rings (SSSR count). The molecule has 0 aliphatic carbocycles. The van der Waals surface area contributed by atoms with E-state index in [9.17, 15) is 4.79 Å². The van der Waals surface area contributed by atoms with Gasteiger partial charge in [-0.1, -0.05) is 25.0 Å². The Hall–Kier alpha value is -3.08. The van der Waals surface area contributed by atoms with Crippen molar-refractivity contribution in [3.05, 3.63) is 53.7 Å². The first-order chi connectivity index (χ1) is 13.6. The van der Waals surface area contributed by atoms with E-state index in [1.807, 2.05) is 37.3 Å². The predicted octanol–water partition coefficient (Wildman–Crippen LogP) is 5.73. The van der Waals surface area contributed by atoms with Crippen LogP contribution < -0.4 is 14.2 Å². The number of Topliss-reactive ketones (excluding diaryl/α,β-unsaturated/α-hetero) is 1. The minimum atomic E-state index is 0.0955. The lowest BCUT2D eigenvalue weighted by Crippen LogP contribution is -2.03. The number of hydrogen-bond acceptors (Lipinski definition) is 5. The number of carbonyl (C=O) groups is 1. The van der Waals surface area contributed by atoms with Gasteiger partial charge in [0.2, 0.25) is 0 Å². The highest BCUT2D eigenvalue weighted by atomic mass is 16.5. The van der Waals surface area contributed by atoms with E-state index in [1.165, 1.54) is 0 Å². The molecular formula is C23H25NO4. The molecule has 0 fully saturated rings. The summed E-state index contributed by atoms with van der Waals surface area (Å²) < 4.78 is 17.0. The van der Waals surface area contributed by atoms with Gasteiger partial charge in [-0.15, -0.1) is 0 Å². The minimum Gasteiger partial charge on any atom is -0.493 e. The first-order valence-corrected chi connectivity index (χ1v) is 9.39. The number of nitrogens with zero attached hydrogens (tertiary/aromatic N) is 1. The highest BCUT2D eigenvalue weighted by Gasteiger charge is 2.16. The zero-order valence-electron chi connectivity index (χ0n) is 16.7. The third-order valence-corrected chi connectivity index (χ3v) is 4.62. The minimum absolute atomic E-state index is 0.0955. The number of pyridine rings is 1. The number of unbranched alkanes of at least 4 members (excludes halogenated alkanes) is 1. The maximum absolute atomic E-state index is 12.7. The molecule has 5 heteroatoms. The third-order valence-electron chi connectivity index (χ3n) is 4.62. The summed E-state index contributed by atoms with van der Waals surface area (Å²) in [5, 5.41) is 0.785. The van der Waals surface area contributed by atoms with E-state index in [-0.39, 0.29) is 5.78 Å². The van der Waals surface area contributed by atoms with Crippen LogP contribution in [0.5, 0.6) is 23.0 Å². The molecule has 146 valence electrons. The average molecular weight is 379 g/mol. The SMILES string of the molecule is CCCCC(=O)c1cc(C)ccc1Oc1ccnc2cc(OC)c(OC)cc12. The molecule has 0 spiro atoms. The molecule has 28 heavy (non-hydrogen) atoms. The second kappa shape index (κ2) is 8.74. The molecule has 0 radical (unpaired) electrons. The monoisotopic (exact) mass is 379 g/mol. The normalized spacial score (nSPS) is 10.7. The molecule has 0 amide bonds. The van der Waals surface area contributed by atoms with Crippen LogP contribution in [0.1, 0.15) is 42.1 Å². The standard InChI is InChI=1S/C23H25NO4/c1-5-6-7-19(25)17-12-15(2)8-9-20(17)28-21-10-11-24-18-14-23(27-4)22(26-3)13-16(18)21/h8-14H,5-7H2,1-4H3. The smallest absolute Gasteiger partial charge is 0.166 e. The lowest BCUT2D eigenvalue weighted by molar-refractivity contribution is 0.0977. The van der Waals surface area contributed by atoms with Crippen molar-refractivity contribution < 1.29 is 19.0 Å². The Bertz CT molecular complexity index is 997. The number of ether oxygens (including phenoxy) is 3. The van der Waals surface area contributed by atoms with E-state index in [4.69, 9.17) is 14.2 Å². The number of rotatable bonds is 8. The number of benzene rings is 2. The van der Waals surface area contributed by atoms with Gasteiger partial charge in [-0.2, -0.15) is 0 Å². The molecule has 1 aromatic heterocycles. The van der Waals surface area contributed by atoms with Crippen LogP contribution in [0.25, 0.3) is 10.9 Å². The van der Waals surface area contributed by atoms with E-state index in [0.29, 0.717) is 35.0 Å². The molecule has 0 saturated heterocycles. The Morgan fingerprint density at radius 1 is 0.964 bits per heavy atom. The summed E-state index contributed by atoms with van der Waals surface area (Å²) in [6, 6.07) is 11.1. The molecule has 0 bridgehead atoms. The highest BCUT2D eigenvalue weighted by molar-refractivity contribution is 5.99. The lowest BCUT2D eigenvalue weighted by atomic mass is 10.0. The number of fused-ring (bicyclic) bond motifs is 1. The van der Waals surface area contributed by atoms with Gasteiger partial charge in [-0.3, -0.25) is 9.78 Å². The van der Waals surface area contributed by atoms with Gasteiger partial charge in [0.1, 0.15) is 11.5 Å². The molecule has 0 saturated carbocycles. The van der Waals surface area contributed by atoms with Gasteiger partial charge >= 0.3 is 0 Å². The quantitative estimate of drug-likeness (QED) is 0.468. The average Bonchev–Trinajstić information content (AvgIpc) is 2.72. The Morgan fingerprint density at radius 3 is 2.43 bits per heavy atom. The Balaban J connectivity index is 2.04. The summed E-state index contributed by atoms with van der Waals surface area (Å²) >= 11 is 0. The van der Waals surface area contributed by atoms with Crippen molar-refractivity contribution in [2.75, 3.05) is 14.2 Å². The van der Waals surface area contributed by atoms with E-state index in [1.54, 1.807) is 26.5 Å². The van der Waals surface area contributed by atoms with Gasteiger partial charge in [0.05, 0.1) is 25.3 Å². The summed E-state index contributed by atoms with van der Waals surface area (Å²) in [5.74, 6) is 2.45. The maximum atomic E-state index is 12.7. The van der Waals surface area contributed by atoms with Crippen LogP contribution in [0.15, 0.2) is 42.6 Å². The van der Waals surface area contributed by atoms with Crippen molar-refractivity contribution in [2.45, 2.75) is 33.1 Å². The maximum Gasteiger partial charge on any atom is 0.166 e. The second-order valence-corrected chi connectivity index (χ2v) is 6.66. The van der Waals surface area contributed by atoms with Crippen LogP contribution in [0.2, 0.25) is 0 Å². The summed E-state index contributed by atoms with van der Waals surface area (Å²) in [4.78, 5) is 17.1. The molecule has 3 aromatic rings. The van der Waals surface area contributed by atoms with Gasteiger partial charge in [0.25, 0.3) is 0 Å². The van der Waals surface area contributed by atoms with Crippen molar-refractivity contribution in [3.8, 4) is 23.0 Å². The Labute approximate surface area is 165 Å². The first kappa shape index (κ1) is 19.7. The number of aryl methyl sites for hydroxylation is 1. The lowest BCUT2D eigenvalue weighted by Gasteiger charge is -2.14. The fourth-order valence-electron chi connectivity index (χ4n) is 3.08. The number of carbonyl (C=O) groups excluding carboxylic acids is 1. The van der Waals surface area contributed by atoms with Crippen LogP contribution in [-0.4, -0.2) is 25.0 Å². The Kier molecular flexibility index (Phi) is 6.14. The summed E-state index contributed by atoms with van der Waals surface area (Å²) in [6.45, 7) is 4.05. The van der Waals surface area contributed by atoms with E-state index < -0.39 is 0 Å². The number of ketones is 1. The fourth-order valence-corrected chi connectivity index (χ4v) is 3.08. The van der Waals surface area contributed by atoms with E-state index >= 15 is 0 Å². The van der Waals surface area contributed by atoms with Gasteiger partial charge in [-0.05, 0) is 37.6 Å². The van der Waals surface area contributed by atoms with E-state index in [2.05, 4.69) is 11.9 Å². The second-order valence-electron chi connectivity index (χ2n) is 6.66. The molecule has 0 aliphatic rings.